The zero-order valence-electron chi connectivity index (χ0n) is 20.0. The van der Waals surface area contributed by atoms with Crippen LogP contribution in [0.15, 0.2) is 58.1 Å². The van der Waals surface area contributed by atoms with E-state index in [0.717, 1.165) is 11.1 Å². The Labute approximate surface area is 205 Å². The first-order valence-electron chi connectivity index (χ1n) is 11.7. The first kappa shape index (κ1) is 24.8. The lowest BCUT2D eigenvalue weighted by molar-refractivity contribution is -0.122. The fourth-order valence-electron chi connectivity index (χ4n) is 3.83. The number of amides is 2. The van der Waals surface area contributed by atoms with E-state index < -0.39 is 11.6 Å². The van der Waals surface area contributed by atoms with Crippen LogP contribution < -0.4 is 21.9 Å². The Hall–Kier alpha value is -4.28. The van der Waals surface area contributed by atoms with E-state index in [-0.39, 0.29) is 55.2 Å². The number of aryl methyl sites for hydroxylation is 1. The van der Waals surface area contributed by atoms with Crippen molar-refractivity contribution in [2.24, 2.45) is 0 Å². The van der Waals surface area contributed by atoms with E-state index in [0.29, 0.717) is 16.5 Å². The van der Waals surface area contributed by atoms with E-state index in [4.69, 9.17) is 0 Å². The summed E-state index contributed by atoms with van der Waals surface area (Å²) in [5.41, 5.74) is 0.0895. The largest absolute Gasteiger partial charge is 0.354 e. The predicted molar refractivity (Wildman–Crippen MR) is 132 cm³/mol. The van der Waals surface area contributed by atoms with Crippen LogP contribution in [0.4, 0.5) is 4.39 Å². The molecule has 0 aliphatic heterocycles. The van der Waals surface area contributed by atoms with Gasteiger partial charge in [-0.25, -0.2) is 18.3 Å². The van der Waals surface area contributed by atoms with E-state index in [1.807, 2.05) is 13.8 Å². The Morgan fingerprint density at radius 1 is 1.06 bits per heavy atom. The van der Waals surface area contributed by atoms with Gasteiger partial charge in [0.25, 0.3) is 5.56 Å². The number of nitrogens with one attached hydrogen (secondary N) is 2. The zero-order chi connectivity index (χ0) is 25.8. The summed E-state index contributed by atoms with van der Waals surface area (Å²) in [6.07, 6.45) is 0.798. The van der Waals surface area contributed by atoms with Crippen molar-refractivity contribution in [3.8, 4) is 0 Å². The first-order valence-corrected chi connectivity index (χ1v) is 11.7. The second-order valence-electron chi connectivity index (χ2n) is 8.58. The number of carbonyl (C=O) groups excluding carboxylic acids is 2. The Bertz CT molecular complexity index is 1540. The number of fused-ring (bicyclic) bond motifs is 3. The third-order valence-electron chi connectivity index (χ3n) is 5.96. The Morgan fingerprint density at radius 3 is 2.50 bits per heavy atom. The quantitative estimate of drug-likeness (QED) is 0.366. The molecule has 0 radical (unpaired) electrons. The summed E-state index contributed by atoms with van der Waals surface area (Å²) in [4.78, 5) is 51.3. The summed E-state index contributed by atoms with van der Waals surface area (Å²) in [6, 6.07) is 12.3. The molecule has 4 rings (SSSR count). The maximum absolute atomic E-state index is 13.2. The Kier molecular flexibility index (Phi) is 7.28. The smallest absolute Gasteiger partial charge is 0.352 e. The van der Waals surface area contributed by atoms with Crippen LogP contribution in [-0.4, -0.2) is 36.6 Å². The van der Waals surface area contributed by atoms with Gasteiger partial charge >= 0.3 is 5.69 Å². The number of carbonyl (C=O) groups is 2. The van der Waals surface area contributed by atoms with Crippen LogP contribution in [0, 0.1) is 5.82 Å². The lowest BCUT2D eigenvalue weighted by atomic mass is 10.2. The molecule has 0 spiro atoms. The molecule has 0 aliphatic carbocycles. The summed E-state index contributed by atoms with van der Waals surface area (Å²) < 4.78 is 16.6. The summed E-state index contributed by atoms with van der Waals surface area (Å²) >= 11 is 0. The second kappa shape index (κ2) is 10.5. The van der Waals surface area contributed by atoms with Crippen LogP contribution in [0.25, 0.3) is 16.7 Å². The number of aromatic nitrogens is 4. The molecule has 1 atom stereocenters. The normalized spacial score (nSPS) is 12.1. The van der Waals surface area contributed by atoms with Crippen LogP contribution in [0.1, 0.15) is 32.3 Å². The van der Waals surface area contributed by atoms with Gasteiger partial charge in [0.15, 0.2) is 0 Å². The van der Waals surface area contributed by atoms with Gasteiger partial charge in [0.05, 0.1) is 10.9 Å². The highest BCUT2D eigenvalue weighted by Gasteiger charge is 2.19. The molecule has 0 unspecified atom stereocenters. The molecule has 10 nitrogen and oxygen atoms in total. The zero-order valence-corrected chi connectivity index (χ0v) is 20.0. The average molecular weight is 495 g/mol. The van der Waals surface area contributed by atoms with Gasteiger partial charge in [0.1, 0.15) is 12.4 Å². The van der Waals surface area contributed by atoms with Crippen molar-refractivity contribution in [2.45, 2.75) is 52.4 Å². The van der Waals surface area contributed by atoms with Gasteiger partial charge in [-0.15, -0.1) is 5.10 Å². The van der Waals surface area contributed by atoms with E-state index in [1.54, 1.807) is 36.4 Å². The monoisotopic (exact) mass is 494 g/mol. The highest BCUT2D eigenvalue weighted by molar-refractivity contribution is 5.80. The number of benzene rings is 2. The van der Waals surface area contributed by atoms with Crippen molar-refractivity contribution in [3.63, 3.8) is 0 Å². The van der Waals surface area contributed by atoms with Crippen LogP contribution in [0.5, 0.6) is 0 Å². The van der Waals surface area contributed by atoms with E-state index in [2.05, 4.69) is 15.7 Å². The third kappa shape index (κ3) is 5.19. The minimum Gasteiger partial charge on any atom is -0.354 e. The average Bonchev–Trinajstić information content (AvgIpc) is 3.19. The maximum Gasteiger partial charge on any atom is 0.352 e. The van der Waals surface area contributed by atoms with Crippen LogP contribution in [-0.2, 0) is 29.2 Å². The Balaban J connectivity index is 1.64. The van der Waals surface area contributed by atoms with Gasteiger partial charge in [-0.1, -0.05) is 31.2 Å². The standard InChI is InChI=1S/C25H27FN6O4/c1-3-16(2)28-21(33)12-13-30-23(35)19-6-4-5-7-20(19)32-24(30)29-31(25(32)36)15-22(34)27-14-17-8-10-18(26)11-9-17/h4-11,16H,3,12-15H2,1-2H3,(H,27,34)(H,28,33)/t16-/m1/s1. The number of para-hydroxylation sites is 1. The molecular weight excluding hydrogens is 467 g/mol. The maximum atomic E-state index is 13.2. The van der Waals surface area contributed by atoms with Gasteiger partial charge in [-0.2, -0.15) is 0 Å². The summed E-state index contributed by atoms with van der Waals surface area (Å²) in [7, 11) is 0. The van der Waals surface area contributed by atoms with Crippen molar-refractivity contribution in [3.05, 3.63) is 80.7 Å². The van der Waals surface area contributed by atoms with Crippen LogP contribution in [0.3, 0.4) is 0 Å². The lowest BCUT2D eigenvalue weighted by Crippen LogP contribution is -2.34. The van der Waals surface area contributed by atoms with E-state index in [9.17, 15) is 23.6 Å². The number of halogens is 1. The van der Waals surface area contributed by atoms with Gasteiger partial charge in [-0.05, 0) is 43.2 Å². The predicted octanol–water partition coefficient (Wildman–Crippen LogP) is 1.57. The molecule has 2 aromatic carbocycles. The number of hydrogen-bond donors (Lipinski definition) is 2. The molecule has 4 aromatic rings. The molecule has 0 fully saturated rings. The van der Waals surface area contributed by atoms with Crippen molar-refractivity contribution in [1.29, 1.82) is 0 Å². The Morgan fingerprint density at radius 2 is 1.78 bits per heavy atom. The second-order valence-corrected chi connectivity index (χ2v) is 8.58. The molecule has 0 aliphatic rings. The highest BCUT2D eigenvalue weighted by atomic mass is 19.1. The molecule has 2 aromatic heterocycles. The molecular formula is C25H27FN6O4. The van der Waals surface area contributed by atoms with Gasteiger partial charge in [-0.3, -0.25) is 19.0 Å². The molecule has 2 heterocycles. The molecule has 0 saturated heterocycles. The third-order valence-corrected chi connectivity index (χ3v) is 5.96. The summed E-state index contributed by atoms with van der Waals surface area (Å²) in [5, 5.41) is 10.1. The van der Waals surface area contributed by atoms with Crippen LogP contribution >= 0.6 is 0 Å². The lowest BCUT2D eigenvalue weighted by Gasteiger charge is -2.12. The molecule has 2 N–H and O–H groups in total. The topological polar surface area (TPSA) is 120 Å². The van der Waals surface area contributed by atoms with Crippen molar-refractivity contribution >= 4 is 28.5 Å². The summed E-state index contributed by atoms with van der Waals surface area (Å²) in [5.74, 6) is -1.02. The van der Waals surface area contributed by atoms with Gasteiger partial charge < -0.3 is 10.6 Å². The minimum absolute atomic E-state index is 0.00101. The molecule has 0 saturated carbocycles. The molecule has 0 bridgehead atoms. The SMILES string of the molecule is CC[C@@H](C)NC(=O)CCn1c(=O)c2ccccc2n2c(=O)n(CC(=O)NCc3ccc(F)cc3)nc12. The molecule has 36 heavy (non-hydrogen) atoms. The molecule has 2 amide bonds. The van der Waals surface area contributed by atoms with Gasteiger partial charge in [0.2, 0.25) is 17.6 Å². The highest BCUT2D eigenvalue weighted by Crippen LogP contribution is 2.11. The number of nitrogens with zero attached hydrogens (tertiary/aromatic N) is 4. The minimum atomic E-state index is -0.587. The molecule has 188 valence electrons. The molecule has 11 heteroatoms. The van der Waals surface area contributed by atoms with E-state index >= 15 is 0 Å². The fourth-order valence-corrected chi connectivity index (χ4v) is 3.83. The van der Waals surface area contributed by atoms with Crippen molar-refractivity contribution in [1.82, 2.24) is 29.4 Å². The van der Waals surface area contributed by atoms with Crippen molar-refractivity contribution < 1.29 is 14.0 Å². The van der Waals surface area contributed by atoms with E-state index in [1.165, 1.54) is 21.1 Å². The fraction of sp³-hybridized carbons (Fsp3) is 0.320. The van der Waals surface area contributed by atoms with Crippen molar-refractivity contribution in [2.75, 3.05) is 0 Å². The first-order chi connectivity index (χ1) is 17.3. The number of hydrogen-bond acceptors (Lipinski definition) is 5. The van der Waals surface area contributed by atoms with Crippen LogP contribution in [0.2, 0.25) is 0 Å². The van der Waals surface area contributed by atoms with Gasteiger partial charge in [0, 0.05) is 25.6 Å². The number of rotatable bonds is 9. The summed E-state index contributed by atoms with van der Waals surface area (Å²) in [6.45, 7) is 3.64.